The second-order valence-electron chi connectivity index (χ2n) is 3.14. The molecule has 7 heteroatoms. The van der Waals surface area contributed by atoms with Crippen LogP contribution < -0.4 is 10.9 Å². The highest BCUT2D eigenvalue weighted by Gasteiger charge is 2.12. The van der Waals surface area contributed by atoms with Crippen molar-refractivity contribution < 1.29 is 13.2 Å². The van der Waals surface area contributed by atoms with Crippen molar-refractivity contribution in [2.45, 2.75) is 11.3 Å². The Hall–Kier alpha value is -1.55. The number of hydrogen-bond acceptors (Lipinski definition) is 3. The number of nitrogens with two attached hydrogens (primary N) is 2. The van der Waals surface area contributed by atoms with E-state index in [1.165, 1.54) is 18.2 Å². The molecule has 5 nitrogen and oxygen atoms in total. The van der Waals surface area contributed by atoms with Crippen molar-refractivity contribution in [3.8, 4) is 11.8 Å². The molecule has 0 aliphatic rings. The second-order valence-corrected chi connectivity index (χ2v) is 5.07. The van der Waals surface area contributed by atoms with E-state index in [4.69, 9.17) is 22.5 Å². The van der Waals surface area contributed by atoms with Crippen molar-refractivity contribution in [2.24, 2.45) is 10.9 Å². The molecule has 0 atom stereocenters. The zero-order chi connectivity index (χ0) is 13.1. The third-order valence-corrected chi connectivity index (χ3v) is 3.13. The minimum absolute atomic E-state index is 0.0154. The van der Waals surface area contributed by atoms with Gasteiger partial charge in [-0.2, -0.15) is 0 Å². The normalized spacial score (nSPS) is 10.5. The van der Waals surface area contributed by atoms with E-state index in [1.54, 1.807) is 0 Å². The van der Waals surface area contributed by atoms with Gasteiger partial charge in [-0.05, 0) is 18.2 Å². The predicted molar refractivity (Wildman–Crippen MR) is 63.5 cm³/mol. The fourth-order valence-electron chi connectivity index (χ4n) is 1.04. The Morgan fingerprint density at radius 1 is 1.41 bits per heavy atom. The van der Waals surface area contributed by atoms with Crippen LogP contribution in [0.2, 0.25) is 5.02 Å². The fourth-order valence-corrected chi connectivity index (χ4v) is 2.13. The minimum Gasteiger partial charge on any atom is -0.369 e. The van der Waals surface area contributed by atoms with Gasteiger partial charge in [-0.25, -0.2) is 13.6 Å². The molecule has 17 heavy (non-hydrogen) atoms. The average Bonchev–Trinajstić information content (AvgIpc) is 2.14. The standard InChI is InChI=1S/C10H9ClN2O3S/c11-8-6-7(2-1-3-10(12)14)4-5-9(8)17(13,15)16/h4-6H,3H2,(H2,12,14)(H2,13,15,16). The number of primary amides is 1. The largest absolute Gasteiger partial charge is 0.369 e. The summed E-state index contributed by atoms with van der Waals surface area (Å²) in [5, 5.41) is 4.92. The summed E-state index contributed by atoms with van der Waals surface area (Å²) in [7, 11) is -3.84. The number of carbonyl (C=O) groups is 1. The maximum absolute atomic E-state index is 11.1. The van der Waals surface area contributed by atoms with Gasteiger partial charge < -0.3 is 5.73 Å². The Labute approximate surface area is 104 Å². The van der Waals surface area contributed by atoms with Crippen LogP contribution in [0.4, 0.5) is 0 Å². The molecule has 0 saturated heterocycles. The van der Waals surface area contributed by atoms with Gasteiger partial charge in [0, 0.05) is 5.56 Å². The second kappa shape index (κ2) is 5.19. The third-order valence-electron chi connectivity index (χ3n) is 1.73. The van der Waals surface area contributed by atoms with Crippen LogP contribution in [0.15, 0.2) is 23.1 Å². The monoisotopic (exact) mass is 272 g/mol. The Bertz CT molecular complexity index is 614. The Kier molecular flexibility index (Phi) is 4.12. The third kappa shape index (κ3) is 4.07. The Morgan fingerprint density at radius 2 is 2.06 bits per heavy atom. The predicted octanol–water partition coefficient (Wildman–Crippen LogP) is 0.214. The summed E-state index contributed by atoms with van der Waals surface area (Å²) in [5.74, 6) is 4.61. The first-order valence-electron chi connectivity index (χ1n) is 4.40. The highest BCUT2D eigenvalue weighted by molar-refractivity contribution is 7.89. The minimum atomic E-state index is -3.84. The highest BCUT2D eigenvalue weighted by atomic mass is 35.5. The van der Waals surface area contributed by atoms with Crippen LogP contribution in [0.25, 0.3) is 0 Å². The van der Waals surface area contributed by atoms with Gasteiger partial charge in [0.2, 0.25) is 15.9 Å². The number of benzene rings is 1. The van der Waals surface area contributed by atoms with Crippen LogP contribution in [0.1, 0.15) is 12.0 Å². The van der Waals surface area contributed by atoms with Crippen molar-refractivity contribution in [3.63, 3.8) is 0 Å². The van der Waals surface area contributed by atoms with Gasteiger partial charge >= 0.3 is 0 Å². The smallest absolute Gasteiger partial charge is 0.239 e. The summed E-state index contributed by atoms with van der Waals surface area (Å²) < 4.78 is 22.1. The SMILES string of the molecule is NC(=O)CC#Cc1ccc(S(N)(=O)=O)c(Cl)c1. The lowest BCUT2D eigenvalue weighted by molar-refractivity contribution is -0.117. The summed E-state index contributed by atoms with van der Waals surface area (Å²) in [6, 6.07) is 4.06. The topological polar surface area (TPSA) is 103 Å². The van der Waals surface area contributed by atoms with E-state index in [0.29, 0.717) is 5.56 Å². The molecule has 1 amide bonds. The van der Waals surface area contributed by atoms with Crippen molar-refractivity contribution in [3.05, 3.63) is 28.8 Å². The molecule has 0 aromatic heterocycles. The molecule has 0 spiro atoms. The van der Waals surface area contributed by atoms with Gasteiger partial charge in [-0.3, -0.25) is 4.79 Å². The number of amides is 1. The molecule has 0 aliphatic carbocycles. The highest BCUT2D eigenvalue weighted by Crippen LogP contribution is 2.20. The summed E-state index contributed by atoms with van der Waals surface area (Å²) in [4.78, 5) is 10.3. The van der Waals surface area contributed by atoms with E-state index >= 15 is 0 Å². The molecular formula is C10H9ClN2O3S. The van der Waals surface area contributed by atoms with E-state index in [1.807, 2.05) is 0 Å². The van der Waals surface area contributed by atoms with Crippen LogP contribution in [-0.4, -0.2) is 14.3 Å². The number of carbonyl (C=O) groups excluding carboxylic acids is 1. The number of primary sulfonamides is 1. The van der Waals surface area contributed by atoms with E-state index in [0.717, 1.165) is 0 Å². The Balaban J connectivity index is 3.04. The molecule has 0 unspecified atom stereocenters. The average molecular weight is 273 g/mol. The van der Waals surface area contributed by atoms with Gasteiger partial charge in [0.1, 0.15) is 4.90 Å². The number of sulfonamides is 1. The quantitative estimate of drug-likeness (QED) is 0.752. The van der Waals surface area contributed by atoms with Gasteiger partial charge in [0.25, 0.3) is 0 Å². The van der Waals surface area contributed by atoms with E-state index in [-0.39, 0.29) is 16.3 Å². The molecular weight excluding hydrogens is 264 g/mol. The van der Waals surface area contributed by atoms with Crippen molar-refractivity contribution in [1.82, 2.24) is 0 Å². The molecule has 0 saturated carbocycles. The number of rotatable bonds is 2. The van der Waals surface area contributed by atoms with Crippen LogP contribution in [0, 0.1) is 11.8 Å². The maximum atomic E-state index is 11.1. The first-order valence-corrected chi connectivity index (χ1v) is 6.32. The molecule has 0 heterocycles. The molecule has 1 aromatic carbocycles. The van der Waals surface area contributed by atoms with E-state index in [9.17, 15) is 13.2 Å². The molecule has 1 aromatic rings. The van der Waals surface area contributed by atoms with Gasteiger partial charge in [0.05, 0.1) is 11.4 Å². The van der Waals surface area contributed by atoms with Crippen molar-refractivity contribution >= 4 is 27.5 Å². The van der Waals surface area contributed by atoms with Gasteiger partial charge in [0.15, 0.2) is 0 Å². The molecule has 4 N–H and O–H groups in total. The maximum Gasteiger partial charge on any atom is 0.239 e. The van der Waals surface area contributed by atoms with Gasteiger partial charge in [-0.15, -0.1) is 0 Å². The van der Waals surface area contributed by atoms with Crippen LogP contribution >= 0.6 is 11.6 Å². The zero-order valence-electron chi connectivity index (χ0n) is 8.60. The van der Waals surface area contributed by atoms with Crippen molar-refractivity contribution in [2.75, 3.05) is 0 Å². The number of hydrogen-bond donors (Lipinski definition) is 2. The molecule has 1 rings (SSSR count). The molecule has 0 aliphatic heterocycles. The van der Waals surface area contributed by atoms with Crippen molar-refractivity contribution in [1.29, 1.82) is 0 Å². The van der Waals surface area contributed by atoms with Crippen LogP contribution in [-0.2, 0) is 14.8 Å². The lowest BCUT2D eigenvalue weighted by atomic mass is 10.2. The summed E-state index contributed by atoms with van der Waals surface area (Å²) in [6.45, 7) is 0. The number of halogens is 1. The lowest BCUT2D eigenvalue weighted by Gasteiger charge is -2.01. The van der Waals surface area contributed by atoms with Crippen LogP contribution in [0.3, 0.4) is 0 Å². The Morgan fingerprint density at radius 3 is 2.53 bits per heavy atom. The molecule has 0 fully saturated rings. The van der Waals surface area contributed by atoms with Gasteiger partial charge in [-0.1, -0.05) is 23.4 Å². The fraction of sp³-hybridized carbons (Fsp3) is 0.100. The first kappa shape index (κ1) is 13.5. The van der Waals surface area contributed by atoms with E-state index < -0.39 is 15.9 Å². The molecule has 0 radical (unpaired) electrons. The van der Waals surface area contributed by atoms with Crippen LogP contribution in [0.5, 0.6) is 0 Å². The lowest BCUT2D eigenvalue weighted by Crippen LogP contribution is -2.12. The van der Waals surface area contributed by atoms with E-state index in [2.05, 4.69) is 11.8 Å². The summed E-state index contributed by atoms with van der Waals surface area (Å²) >= 11 is 5.74. The molecule has 0 bridgehead atoms. The first-order chi connectivity index (χ1) is 7.80. The summed E-state index contributed by atoms with van der Waals surface area (Å²) in [6.07, 6.45) is -0.0748. The zero-order valence-corrected chi connectivity index (χ0v) is 10.2. The molecule has 90 valence electrons. The summed E-state index contributed by atoms with van der Waals surface area (Å²) in [5.41, 5.74) is 5.38.